The molecule has 2 aliphatic heterocycles. The van der Waals surface area contributed by atoms with Gasteiger partial charge in [0.05, 0.1) is 0 Å². The van der Waals surface area contributed by atoms with Gasteiger partial charge < -0.3 is 10.6 Å². The van der Waals surface area contributed by atoms with Crippen LogP contribution in [0.4, 0.5) is 5.69 Å². The van der Waals surface area contributed by atoms with Crippen LogP contribution in [0.5, 0.6) is 0 Å². The van der Waals surface area contributed by atoms with Crippen molar-refractivity contribution in [3.05, 3.63) is 30.3 Å². The van der Waals surface area contributed by atoms with Crippen LogP contribution >= 0.6 is 0 Å². The molecule has 20 heavy (non-hydrogen) atoms. The second kappa shape index (κ2) is 6.15. The Hall–Kier alpha value is -1.06. The van der Waals surface area contributed by atoms with Gasteiger partial charge >= 0.3 is 0 Å². The largest absolute Gasteiger partial charge is 0.371 e. The van der Waals surface area contributed by atoms with E-state index in [4.69, 9.17) is 5.73 Å². The fourth-order valence-corrected chi connectivity index (χ4v) is 3.84. The Balaban J connectivity index is 1.66. The normalized spacial score (nSPS) is 23.8. The zero-order valence-electron chi connectivity index (χ0n) is 12.4. The van der Waals surface area contributed by atoms with Crippen LogP contribution in [-0.2, 0) is 0 Å². The lowest BCUT2D eigenvalue weighted by Gasteiger charge is -2.50. The van der Waals surface area contributed by atoms with Gasteiger partial charge in [0.15, 0.2) is 0 Å². The summed E-state index contributed by atoms with van der Waals surface area (Å²) in [5.41, 5.74) is 7.82. The van der Waals surface area contributed by atoms with Gasteiger partial charge in [-0.1, -0.05) is 24.6 Å². The highest BCUT2D eigenvalue weighted by Gasteiger charge is 2.39. The molecule has 2 heterocycles. The maximum absolute atomic E-state index is 6.19. The molecule has 0 radical (unpaired) electrons. The van der Waals surface area contributed by atoms with Gasteiger partial charge in [0, 0.05) is 30.9 Å². The van der Waals surface area contributed by atoms with E-state index in [9.17, 15) is 0 Å². The summed E-state index contributed by atoms with van der Waals surface area (Å²) in [7, 11) is 0. The number of rotatable bonds is 3. The summed E-state index contributed by atoms with van der Waals surface area (Å²) in [6.45, 7) is 5.59. The van der Waals surface area contributed by atoms with Crippen molar-refractivity contribution < 1.29 is 0 Å². The molecule has 0 aromatic heterocycles. The van der Waals surface area contributed by atoms with E-state index in [1.165, 1.54) is 50.9 Å². The van der Waals surface area contributed by atoms with Crippen LogP contribution in [0.25, 0.3) is 0 Å². The minimum atomic E-state index is 0.270. The molecule has 0 saturated carbocycles. The second-order valence-corrected chi connectivity index (χ2v) is 6.30. The molecular weight excluding hydrogens is 246 g/mol. The van der Waals surface area contributed by atoms with E-state index in [0.717, 1.165) is 19.6 Å². The summed E-state index contributed by atoms with van der Waals surface area (Å²) < 4.78 is 0. The minimum Gasteiger partial charge on any atom is -0.371 e. The summed E-state index contributed by atoms with van der Waals surface area (Å²) >= 11 is 0. The third-order valence-electron chi connectivity index (χ3n) is 5.22. The average molecular weight is 273 g/mol. The molecule has 2 N–H and O–H groups in total. The number of para-hydroxylation sites is 1. The predicted octanol–water partition coefficient (Wildman–Crippen LogP) is 2.47. The molecule has 1 aromatic rings. The smallest absolute Gasteiger partial charge is 0.0366 e. The molecule has 0 bridgehead atoms. The molecule has 2 saturated heterocycles. The molecule has 2 fully saturated rings. The average Bonchev–Trinajstić information content (AvgIpc) is 2.56. The Morgan fingerprint density at radius 3 is 2.15 bits per heavy atom. The maximum atomic E-state index is 6.19. The number of hydrogen-bond acceptors (Lipinski definition) is 3. The molecule has 3 nitrogen and oxygen atoms in total. The second-order valence-electron chi connectivity index (χ2n) is 6.30. The molecule has 0 aliphatic carbocycles. The van der Waals surface area contributed by atoms with E-state index in [1.54, 1.807) is 0 Å². The number of nitrogens with two attached hydrogens (primary N) is 1. The Morgan fingerprint density at radius 2 is 1.55 bits per heavy atom. The van der Waals surface area contributed by atoms with Crippen LogP contribution < -0.4 is 10.6 Å². The Morgan fingerprint density at radius 1 is 0.900 bits per heavy atom. The third-order valence-corrected chi connectivity index (χ3v) is 5.22. The Labute approximate surface area is 122 Å². The highest BCUT2D eigenvalue weighted by molar-refractivity contribution is 5.46. The van der Waals surface area contributed by atoms with Crippen molar-refractivity contribution >= 4 is 5.69 Å². The predicted molar refractivity (Wildman–Crippen MR) is 85.1 cm³/mol. The summed E-state index contributed by atoms with van der Waals surface area (Å²) in [5, 5.41) is 0. The van der Waals surface area contributed by atoms with E-state index >= 15 is 0 Å². The number of hydrogen-bond donors (Lipinski definition) is 1. The molecule has 0 atom stereocenters. The van der Waals surface area contributed by atoms with Crippen LogP contribution in [0.15, 0.2) is 30.3 Å². The van der Waals surface area contributed by atoms with Crippen molar-refractivity contribution in [1.82, 2.24) is 4.90 Å². The van der Waals surface area contributed by atoms with Crippen molar-refractivity contribution in [2.75, 3.05) is 37.6 Å². The number of benzene rings is 1. The van der Waals surface area contributed by atoms with Gasteiger partial charge in [0.25, 0.3) is 0 Å². The van der Waals surface area contributed by atoms with Gasteiger partial charge in [-0.25, -0.2) is 0 Å². The molecule has 1 aromatic carbocycles. The lowest BCUT2D eigenvalue weighted by molar-refractivity contribution is 0.0510. The monoisotopic (exact) mass is 273 g/mol. The fraction of sp³-hybridized carbons (Fsp3) is 0.647. The summed E-state index contributed by atoms with van der Waals surface area (Å²) in [6.07, 6.45) is 6.51. The van der Waals surface area contributed by atoms with Crippen LogP contribution in [-0.4, -0.2) is 43.2 Å². The van der Waals surface area contributed by atoms with Gasteiger partial charge in [0.1, 0.15) is 0 Å². The molecule has 3 heteroatoms. The number of piperidine rings is 2. The summed E-state index contributed by atoms with van der Waals surface area (Å²) in [4.78, 5) is 5.21. The third kappa shape index (κ3) is 2.70. The first-order valence-electron chi connectivity index (χ1n) is 8.09. The zero-order valence-corrected chi connectivity index (χ0v) is 12.4. The lowest BCUT2D eigenvalue weighted by Crippen LogP contribution is -2.60. The molecule has 2 aliphatic rings. The van der Waals surface area contributed by atoms with Crippen molar-refractivity contribution in [2.45, 2.75) is 37.6 Å². The zero-order chi connectivity index (χ0) is 13.8. The molecule has 0 unspecified atom stereocenters. The molecule has 0 spiro atoms. The molecule has 0 amide bonds. The first kappa shape index (κ1) is 13.9. The van der Waals surface area contributed by atoms with Gasteiger partial charge in [-0.3, -0.25) is 4.90 Å². The quantitative estimate of drug-likeness (QED) is 0.918. The highest BCUT2D eigenvalue weighted by Crippen LogP contribution is 2.32. The topological polar surface area (TPSA) is 32.5 Å². The van der Waals surface area contributed by atoms with Gasteiger partial charge in [-0.15, -0.1) is 0 Å². The van der Waals surface area contributed by atoms with Crippen LogP contribution in [0, 0.1) is 0 Å². The van der Waals surface area contributed by atoms with Crippen molar-refractivity contribution in [3.8, 4) is 0 Å². The highest BCUT2D eigenvalue weighted by atomic mass is 15.2. The minimum absolute atomic E-state index is 0.270. The van der Waals surface area contributed by atoms with Crippen molar-refractivity contribution in [3.63, 3.8) is 0 Å². The van der Waals surface area contributed by atoms with E-state index in [-0.39, 0.29) is 5.54 Å². The lowest BCUT2D eigenvalue weighted by atomic mass is 9.84. The van der Waals surface area contributed by atoms with Gasteiger partial charge in [-0.05, 0) is 50.9 Å². The van der Waals surface area contributed by atoms with Crippen LogP contribution in [0.2, 0.25) is 0 Å². The Bertz CT molecular complexity index is 404. The van der Waals surface area contributed by atoms with Crippen LogP contribution in [0.1, 0.15) is 32.1 Å². The van der Waals surface area contributed by atoms with E-state index in [1.807, 2.05) is 0 Å². The number of anilines is 1. The SMILES string of the molecule is NCC1(N2CCCCC2)CCN(c2ccccc2)CC1. The van der Waals surface area contributed by atoms with Crippen molar-refractivity contribution in [2.24, 2.45) is 5.73 Å². The van der Waals surface area contributed by atoms with E-state index in [2.05, 4.69) is 40.1 Å². The van der Waals surface area contributed by atoms with Crippen molar-refractivity contribution in [1.29, 1.82) is 0 Å². The maximum Gasteiger partial charge on any atom is 0.0366 e. The molecule has 110 valence electrons. The summed E-state index contributed by atoms with van der Waals surface area (Å²) in [6, 6.07) is 10.8. The fourth-order valence-electron chi connectivity index (χ4n) is 3.84. The van der Waals surface area contributed by atoms with E-state index < -0.39 is 0 Å². The molecule has 3 rings (SSSR count). The van der Waals surface area contributed by atoms with E-state index in [0.29, 0.717) is 0 Å². The summed E-state index contributed by atoms with van der Waals surface area (Å²) in [5.74, 6) is 0. The number of likely N-dealkylation sites (tertiary alicyclic amines) is 1. The first-order valence-corrected chi connectivity index (χ1v) is 8.09. The van der Waals surface area contributed by atoms with Crippen LogP contribution in [0.3, 0.4) is 0 Å². The number of nitrogens with zero attached hydrogens (tertiary/aromatic N) is 2. The standard InChI is InChI=1S/C17H27N3/c18-15-17(20-11-5-2-6-12-20)9-13-19(14-10-17)16-7-3-1-4-8-16/h1,3-4,7-8H,2,5-6,9-15,18H2. The Kier molecular flexibility index (Phi) is 4.27. The van der Waals surface area contributed by atoms with Gasteiger partial charge in [-0.2, -0.15) is 0 Å². The molecular formula is C17H27N3. The first-order chi connectivity index (χ1) is 9.84. The van der Waals surface area contributed by atoms with Gasteiger partial charge in [0.2, 0.25) is 0 Å².